The van der Waals surface area contributed by atoms with Crippen LogP contribution in [0.5, 0.6) is 0 Å². The summed E-state index contributed by atoms with van der Waals surface area (Å²) in [7, 11) is -4.17. The van der Waals surface area contributed by atoms with Gasteiger partial charge in [-0.1, -0.05) is 18.2 Å². The first-order valence-corrected chi connectivity index (χ1v) is 5.68. The van der Waals surface area contributed by atoms with Crippen molar-refractivity contribution in [3.05, 3.63) is 36.4 Å². The van der Waals surface area contributed by atoms with Crippen molar-refractivity contribution >= 4 is 56.1 Å². The molecular formula is C10H9NNaO3S. The standard InChI is InChI=1S/C10H9NO3S.Na/c11-10-3-1-2-7-4-5-8(6-9(7)10)15(12,13)14;/h1-6H,11H2,(H,12,13,14);. The van der Waals surface area contributed by atoms with Crippen LogP contribution in [0.2, 0.25) is 0 Å². The maximum absolute atomic E-state index is 10.9. The fourth-order valence-electron chi connectivity index (χ4n) is 1.44. The molecule has 0 aliphatic rings. The molecule has 0 aromatic heterocycles. The van der Waals surface area contributed by atoms with E-state index < -0.39 is 10.1 Å². The summed E-state index contributed by atoms with van der Waals surface area (Å²) in [5, 5.41) is 1.45. The molecule has 79 valence electrons. The van der Waals surface area contributed by atoms with Crippen molar-refractivity contribution in [3.8, 4) is 0 Å². The minimum atomic E-state index is -4.17. The van der Waals surface area contributed by atoms with Gasteiger partial charge in [0.2, 0.25) is 0 Å². The molecule has 0 aliphatic heterocycles. The molecule has 0 unspecified atom stereocenters. The van der Waals surface area contributed by atoms with Crippen LogP contribution >= 0.6 is 0 Å². The largest absolute Gasteiger partial charge is 0.398 e. The van der Waals surface area contributed by atoms with Gasteiger partial charge >= 0.3 is 0 Å². The molecule has 0 spiro atoms. The summed E-state index contributed by atoms with van der Waals surface area (Å²) < 4.78 is 30.7. The number of nitrogens with two attached hydrogens (primary N) is 1. The van der Waals surface area contributed by atoms with E-state index in [0.29, 0.717) is 11.1 Å². The number of hydrogen-bond acceptors (Lipinski definition) is 3. The van der Waals surface area contributed by atoms with Gasteiger partial charge < -0.3 is 5.73 Å². The summed E-state index contributed by atoms with van der Waals surface area (Å²) in [5.41, 5.74) is 6.18. The smallest absolute Gasteiger partial charge is 0.294 e. The molecule has 0 fully saturated rings. The van der Waals surface area contributed by atoms with E-state index in [1.165, 1.54) is 12.1 Å². The van der Waals surface area contributed by atoms with Gasteiger partial charge in [0.05, 0.1) is 4.90 Å². The fourth-order valence-corrected chi connectivity index (χ4v) is 1.94. The predicted molar refractivity (Wildman–Crippen MR) is 63.9 cm³/mol. The van der Waals surface area contributed by atoms with E-state index in [4.69, 9.17) is 10.3 Å². The molecule has 1 radical (unpaired) electrons. The molecule has 3 N–H and O–H groups in total. The van der Waals surface area contributed by atoms with Crippen LogP contribution in [-0.2, 0) is 10.1 Å². The summed E-state index contributed by atoms with van der Waals surface area (Å²) >= 11 is 0. The van der Waals surface area contributed by atoms with Gasteiger partial charge in [0.15, 0.2) is 0 Å². The van der Waals surface area contributed by atoms with Gasteiger partial charge in [-0.05, 0) is 23.6 Å². The summed E-state index contributed by atoms with van der Waals surface area (Å²) in [4.78, 5) is -0.145. The van der Waals surface area contributed by atoms with E-state index in [1.807, 2.05) is 6.07 Å². The second-order valence-corrected chi connectivity index (χ2v) is 4.63. The molecule has 0 saturated heterocycles. The Labute approximate surface area is 115 Å². The maximum atomic E-state index is 10.9. The van der Waals surface area contributed by atoms with Gasteiger partial charge in [-0.3, -0.25) is 4.55 Å². The van der Waals surface area contributed by atoms with Crippen LogP contribution in [0, 0.1) is 0 Å². The van der Waals surface area contributed by atoms with Gasteiger partial charge in [-0.2, -0.15) is 8.42 Å². The molecule has 0 atom stereocenters. The van der Waals surface area contributed by atoms with Crippen molar-refractivity contribution in [3.63, 3.8) is 0 Å². The average Bonchev–Trinajstić information content (AvgIpc) is 2.16. The van der Waals surface area contributed by atoms with Crippen LogP contribution in [0.1, 0.15) is 0 Å². The van der Waals surface area contributed by atoms with Crippen LogP contribution in [0.25, 0.3) is 10.8 Å². The quantitative estimate of drug-likeness (QED) is 0.451. The molecular weight excluding hydrogens is 237 g/mol. The molecule has 4 nitrogen and oxygen atoms in total. The first-order chi connectivity index (χ1) is 6.98. The second kappa shape index (κ2) is 4.73. The Bertz CT molecular complexity index is 625. The van der Waals surface area contributed by atoms with E-state index in [-0.39, 0.29) is 34.5 Å². The van der Waals surface area contributed by atoms with Crippen molar-refractivity contribution in [2.75, 3.05) is 5.73 Å². The fraction of sp³-hybridized carbons (Fsp3) is 0. The van der Waals surface area contributed by atoms with Crippen LogP contribution in [0.15, 0.2) is 41.3 Å². The minimum absolute atomic E-state index is 0. The first kappa shape index (κ1) is 13.5. The molecule has 16 heavy (non-hydrogen) atoms. The number of anilines is 1. The zero-order valence-corrected chi connectivity index (χ0v) is 11.5. The van der Waals surface area contributed by atoms with Crippen LogP contribution < -0.4 is 5.73 Å². The Morgan fingerprint density at radius 3 is 2.44 bits per heavy atom. The summed E-state index contributed by atoms with van der Waals surface area (Å²) in [5.74, 6) is 0. The molecule has 0 heterocycles. The third-order valence-electron chi connectivity index (χ3n) is 2.19. The van der Waals surface area contributed by atoms with E-state index in [0.717, 1.165) is 5.39 Å². The Kier molecular flexibility index (Phi) is 3.98. The van der Waals surface area contributed by atoms with Gasteiger partial charge in [-0.15, -0.1) is 0 Å². The normalized spacial score (nSPS) is 11.1. The monoisotopic (exact) mass is 246 g/mol. The third kappa shape index (κ3) is 2.56. The second-order valence-electron chi connectivity index (χ2n) is 3.21. The summed E-state index contributed by atoms with van der Waals surface area (Å²) in [6, 6.07) is 9.59. The van der Waals surface area contributed by atoms with Crippen LogP contribution in [0.3, 0.4) is 0 Å². The summed E-state index contributed by atoms with van der Waals surface area (Å²) in [6.45, 7) is 0. The van der Waals surface area contributed by atoms with Gasteiger partial charge in [0.1, 0.15) is 0 Å². The average molecular weight is 246 g/mol. The topological polar surface area (TPSA) is 80.4 Å². The van der Waals surface area contributed by atoms with Crippen molar-refractivity contribution in [1.29, 1.82) is 0 Å². The van der Waals surface area contributed by atoms with Crippen molar-refractivity contribution < 1.29 is 13.0 Å². The van der Waals surface area contributed by atoms with Gasteiger partial charge in [0.25, 0.3) is 10.1 Å². The summed E-state index contributed by atoms with van der Waals surface area (Å²) in [6.07, 6.45) is 0. The molecule has 0 bridgehead atoms. The minimum Gasteiger partial charge on any atom is -0.398 e. The number of hydrogen-bond donors (Lipinski definition) is 2. The first-order valence-electron chi connectivity index (χ1n) is 4.24. The van der Waals surface area contributed by atoms with Crippen molar-refractivity contribution in [2.24, 2.45) is 0 Å². The number of nitrogen functional groups attached to an aromatic ring is 1. The maximum Gasteiger partial charge on any atom is 0.294 e. The van der Waals surface area contributed by atoms with Crippen LogP contribution in [-0.4, -0.2) is 42.5 Å². The zero-order chi connectivity index (χ0) is 11.1. The van der Waals surface area contributed by atoms with E-state index in [1.54, 1.807) is 18.2 Å². The Balaban J connectivity index is 0.00000128. The Morgan fingerprint density at radius 2 is 1.81 bits per heavy atom. The zero-order valence-electron chi connectivity index (χ0n) is 8.71. The number of benzene rings is 2. The SMILES string of the molecule is Nc1cccc2ccc(S(=O)(=O)O)cc12.[Na]. The van der Waals surface area contributed by atoms with E-state index >= 15 is 0 Å². The molecule has 0 amide bonds. The third-order valence-corrected chi connectivity index (χ3v) is 3.03. The van der Waals surface area contributed by atoms with Gasteiger partial charge in [0, 0.05) is 40.6 Å². The molecule has 0 saturated carbocycles. The van der Waals surface area contributed by atoms with E-state index in [9.17, 15) is 8.42 Å². The molecule has 2 aromatic carbocycles. The van der Waals surface area contributed by atoms with Crippen molar-refractivity contribution in [2.45, 2.75) is 4.90 Å². The molecule has 2 rings (SSSR count). The Hall–Kier alpha value is -0.590. The number of fused-ring (bicyclic) bond motifs is 1. The van der Waals surface area contributed by atoms with Gasteiger partial charge in [-0.25, -0.2) is 0 Å². The van der Waals surface area contributed by atoms with Crippen molar-refractivity contribution in [1.82, 2.24) is 0 Å². The predicted octanol–water partition coefficient (Wildman–Crippen LogP) is 1.29. The molecule has 6 heteroatoms. The molecule has 0 aliphatic carbocycles. The van der Waals surface area contributed by atoms with Crippen LogP contribution in [0.4, 0.5) is 5.69 Å². The van der Waals surface area contributed by atoms with E-state index in [2.05, 4.69) is 0 Å². The Morgan fingerprint density at radius 1 is 1.12 bits per heavy atom. The number of rotatable bonds is 1. The molecule has 2 aromatic rings.